The number of anilines is 1. The summed E-state index contributed by atoms with van der Waals surface area (Å²) in [6.07, 6.45) is 3.35. The van der Waals surface area contributed by atoms with E-state index in [-0.39, 0.29) is 0 Å². The van der Waals surface area contributed by atoms with Crippen LogP contribution < -0.4 is 15.0 Å². The zero-order valence-electron chi connectivity index (χ0n) is 17.1. The van der Waals surface area contributed by atoms with Crippen molar-refractivity contribution < 1.29 is 4.74 Å². The number of ether oxygens (including phenoxy) is 1. The monoisotopic (exact) mass is 401 g/mol. The van der Waals surface area contributed by atoms with Gasteiger partial charge < -0.3 is 19.9 Å². The number of piperazine rings is 1. The molecule has 28 heavy (non-hydrogen) atoms. The molecule has 2 heterocycles. The van der Waals surface area contributed by atoms with Crippen molar-refractivity contribution in [2.75, 3.05) is 51.8 Å². The Bertz CT molecular complexity index is 768. The molecule has 1 aromatic carbocycles. The van der Waals surface area contributed by atoms with Gasteiger partial charge in [-0.15, -0.1) is 11.3 Å². The molecule has 0 unspecified atom stereocenters. The van der Waals surface area contributed by atoms with Gasteiger partial charge in [-0.25, -0.2) is 4.98 Å². The third-order valence-electron chi connectivity index (χ3n) is 4.98. The minimum atomic E-state index is 0.908. The highest BCUT2D eigenvalue weighted by Crippen LogP contribution is 2.22. The number of rotatable bonds is 7. The van der Waals surface area contributed by atoms with Crippen molar-refractivity contribution >= 4 is 23.0 Å². The number of hydrogen-bond acceptors (Lipinski definition) is 5. The van der Waals surface area contributed by atoms with Gasteiger partial charge in [-0.3, -0.25) is 4.99 Å². The second kappa shape index (κ2) is 10.3. The molecule has 0 spiro atoms. The summed E-state index contributed by atoms with van der Waals surface area (Å²) in [4.78, 5) is 13.8. The summed E-state index contributed by atoms with van der Waals surface area (Å²) in [5, 5.41) is 6.90. The molecule has 7 heteroatoms. The Morgan fingerprint density at radius 3 is 2.75 bits per heavy atom. The van der Waals surface area contributed by atoms with Gasteiger partial charge in [0.25, 0.3) is 0 Å². The smallest absolute Gasteiger partial charge is 0.193 e. The number of aromatic nitrogens is 1. The molecule has 0 aliphatic carbocycles. The lowest BCUT2D eigenvalue weighted by Gasteiger charge is -2.37. The summed E-state index contributed by atoms with van der Waals surface area (Å²) >= 11 is 1.77. The van der Waals surface area contributed by atoms with E-state index < -0.39 is 0 Å². The first-order valence-corrected chi connectivity index (χ1v) is 10.8. The number of hydrogen-bond donors (Lipinski definition) is 1. The zero-order chi connectivity index (χ0) is 19.8. The van der Waals surface area contributed by atoms with E-state index in [0.29, 0.717) is 0 Å². The van der Waals surface area contributed by atoms with E-state index in [4.69, 9.17) is 4.74 Å². The average Bonchev–Trinajstić information content (AvgIpc) is 3.16. The van der Waals surface area contributed by atoms with Crippen molar-refractivity contribution in [2.24, 2.45) is 4.99 Å². The van der Waals surface area contributed by atoms with Crippen LogP contribution in [0.15, 0.2) is 34.6 Å². The maximum Gasteiger partial charge on any atom is 0.193 e. The topological polar surface area (TPSA) is 53.0 Å². The van der Waals surface area contributed by atoms with Crippen LogP contribution in [0.4, 0.5) is 5.69 Å². The molecule has 2 aromatic rings. The van der Waals surface area contributed by atoms with E-state index in [1.54, 1.807) is 18.4 Å². The fourth-order valence-electron chi connectivity index (χ4n) is 3.43. The first-order chi connectivity index (χ1) is 13.7. The Balaban J connectivity index is 1.39. The fourth-order valence-corrected chi connectivity index (χ4v) is 4.25. The van der Waals surface area contributed by atoms with Crippen LogP contribution in [0.2, 0.25) is 0 Å². The van der Waals surface area contributed by atoms with E-state index in [2.05, 4.69) is 49.5 Å². The van der Waals surface area contributed by atoms with Gasteiger partial charge in [0.1, 0.15) is 5.75 Å². The van der Waals surface area contributed by atoms with E-state index >= 15 is 0 Å². The zero-order valence-corrected chi connectivity index (χ0v) is 18.0. The first-order valence-electron chi connectivity index (χ1n) is 9.95. The molecule has 1 N–H and O–H groups in total. The second-order valence-corrected chi connectivity index (χ2v) is 7.93. The van der Waals surface area contributed by atoms with Crippen LogP contribution in [-0.2, 0) is 6.42 Å². The number of guanidine groups is 1. The summed E-state index contributed by atoms with van der Waals surface area (Å²) in [5.74, 6) is 1.92. The Labute approximate surface area is 172 Å². The summed E-state index contributed by atoms with van der Waals surface area (Å²) < 4.78 is 5.35. The van der Waals surface area contributed by atoms with Crippen molar-refractivity contribution in [3.05, 3.63) is 40.3 Å². The quantitative estimate of drug-likeness (QED) is 0.439. The second-order valence-electron chi connectivity index (χ2n) is 6.99. The molecule has 0 saturated carbocycles. The normalized spacial score (nSPS) is 15.0. The summed E-state index contributed by atoms with van der Waals surface area (Å²) in [6, 6.07) is 8.29. The molecule has 1 fully saturated rings. The van der Waals surface area contributed by atoms with E-state index in [1.165, 1.54) is 10.7 Å². The van der Waals surface area contributed by atoms with Crippen molar-refractivity contribution in [2.45, 2.75) is 26.2 Å². The predicted molar refractivity (Wildman–Crippen MR) is 118 cm³/mol. The van der Waals surface area contributed by atoms with Crippen LogP contribution in [0.3, 0.4) is 0 Å². The van der Waals surface area contributed by atoms with Crippen LogP contribution in [0, 0.1) is 6.92 Å². The molecule has 3 rings (SSSR count). The summed E-state index contributed by atoms with van der Waals surface area (Å²) in [5.41, 5.74) is 2.35. The highest BCUT2D eigenvalue weighted by molar-refractivity contribution is 7.09. The molecule has 0 radical (unpaired) electrons. The van der Waals surface area contributed by atoms with Crippen LogP contribution in [-0.4, -0.2) is 62.7 Å². The molecule has 6 nitrogen and oxygen atoms in total. The fraction of sp³-hybridized carbons (Fsp3) is 0.524. The van der Waals surface area contributed by atoms with Gasteiger partial charge in [0.15, 0.2) is 5.96 Å². The largest absolute Gasteiger partial charge is 0.497 e. The van der Waals surface area contributed by atoms with E-state index in [1.807, 2.05) is 19.2 Å². The lowest BCUT2D eigenvalue weighted by atomic mass is 10.2. The first kappa shape index (κ1) is 20.5. The average molecular weight is 402 g/mol. The summed E-state index contributed by atoms with van der Waals surface area (Å²) in [7, 11) is 3.58. The van der Waals surface area contributed by atoms with Crippen LogP contribution in [0.25, 0.3) is 0 Å². The number of unbranched alkanes of at least 4 members (excludes halogenated alkanes) is 1. The number of nitrogens with one attached hydrogen (secondary N) is 1. The molecule has 152 valence electrons. The van der Waals surface area contributed by atoms with Gasteiger partial charge in [0.2, 0.25) is 0 Å². The molecule has 0 amide bonds. The number of thiazole rings is 1. The van der Waals surface area contributed by atoms with Gasteiger partial charge in [0.05, 0.1) is 12.1 Å². The molecule has 1 aliphatic rings. The molecule has 1 saturated heterocycles. The molecular formula is C21H31N5OS. The molecular weight excluding hydrogens is 370 g/mol. The van der Waals surface area contributed by atoms with Crippen molar-refractivity contribution in [1.29, 1.82) is 0 Å². The van der Waals surface area contributed by atoms with Gasteiger partial charge in [-0.1, -0.05) is 6.07 Å². The summed E-state index contributed by atoms with van der Waals surface area (Å²) in [6.45, 7) is 6.91. The Morgan fingerprint density at radius 2 is 2.07 bits per heavy atom. The van der Waals surface area contributed by atoms with Crippen LogP contribution in [0.1, 0.15) is 23.5 Å². The minimum Gasteiger partial charge on any atom is -0.497 e. The number of aliphatic imine (C=N–C) groups is 1. The number of aryl methyl sites for hydroxylation is 2. The highest BCUT2D eigenvalue weighted by Gasteiger charge is 2.19. The standard InChI is InChI=1S/C21H31N5OS/c1-17-16-28-20(24-17)9-4-5-10-23-21(22-2)26-13-11-25(12-14-26)18-7-6-8-19(15-18)27-3/h6-8,15-16H,4-5,9-14H2,1-3H3,(H,22,23). The lowest BCUT2D eigenvalue weighted by molar-refractivity contribution is 0.371. The lowest BCUT2D eigenvalue weighted by Crippen LogP contribution is -2.52. The van der Waals surface area contributed by atoms with Crippen molar-refractivity contribution in [1.82, 2.24) is 15.2 Å². The Hall–Kier alpha value is -2.28. The molecule has 1 aliphatic heterocycles. The number of nitrogens with zero attached hydrogens (tertiary/aromatic N) is 4. The van der Waals surface area contributed by atoms with E-state index in [0.717, 1.165) is 69.4 Å². The van der Waals surface area contributed by atoms with Crippen molar-refractivity contribution in [3.63, 3.8) is 0 Å². The minimum absolute atomic E-state index is 0.908. The SMILES string of the molecule is CN=C(NCCCCc1nc(C)cs1)N1CCN(c2cccc(OC)c2)CC1. The molecule has 1 aromatic heterocycles. The molecule has 0 atom stereocenters. The van der Waals surface area contributed by atoms with Crippen molar-refractivity contribution in [3.8, 4) is 5.75 Å². The van der Waals surface area contributed by atoms with Gasteiger partial charge >= 0.3 is 0 Å². The Kier molecular flexibility index (Phi) is 7.54. The maximum absolute atomic E-state index is 5.35. The third-order valence-corrected chi connectivity index (χ3v) is 6.00. The van der Waals surface area contributed by atoms with Gasteiger partial charge in [0, 0.05) is 62.6 Å². The number of benzene rings is 1. The Morgan fingerprint density at radius 1 is 1.25 bits per heavy atom. The predicted octanol–water partition coefficient (Wildman–Crippen LogP) is 3.18. The maximum atomic E-state index is 5.35. The van der Waals surface area contributed by atoms with Crippen LogP contribution >= 0.6 is 11.3 Å². The number of methoxy groups -OCH3 is 1. The molecule has 0 bridgehead atoms. The highest BCUT2D eigenvalue weighted by atomic mass is 32.1. The van der Waals surface area contributed by atoms with E-state index in [9.17, 15) is 0 Å². The van der Waals surface area contributed by atoms with Crippen LogP contribution in [0.5, 0.6) is 5.75 Å². The van der Waals surface area contributed by atoms with Gasteiger partial charge in [-0.05, 0) is 38.3 Å². The van der Waals surface area contributed by atoms with Gasteiger partial charge in [-0.2, -0.15) is 0 Å². The third kappa shape index (κ3) is 5.61.